The van der Waals surface area contributed by atoms with E-state index in [0.29, 0.717) is 6.54 Å². The molecular formula is C21H18Cl2N2O. The number of furan rings is 1. The number of fused-ring (bicyclic) bond motifs is 4. The van der Waals surface area contributed by atoms with Crippen LogP contribution in [0.2, 0.25) is 5.02 Å². The van der Waals surface area contributed by atoms with Crippen LogP contribution in [-0.4, -0.2) is 4.57 Å². The number of rotatable bonds is 1. The third-order valence-corrected chi connectivity index (χ3v) is 5.35. The highest BCUT2D eigenvalue weighted by atomic mass is 35.5. The SMILES string of the molecule is Cc1cccc2oc(C3NCc4c(Cl)cccc4-n4cccc43)cc12.Cl. The normalized spacial score (nSPS) is 15.8. The van der Waals surface area contributed by atoms with Crippen molar-refractivity contribution in [3.05, 3.63) is 88.4 Å². The Balaban J connectivity index is 0.00000168. The van der Waals surface area contributed by atoms with Gasteiger partial charge in [0.15, 0.2) is 0 Å². The zero-order chi connectivity index (χ0) is 17.0. The van der Waals surface area contributed by atoms with Crippen molar-refractivity contribution in [2.75, 3.05) is 0 Å². The molecule has 1 aliphatic rings. The molecule has 0 spiro atoms. The molecule has 0 saturated carbocycles. The molecule has 1 atom stereocenters. The maximum Gasteiger partial charge on any atom is 0.134 e. The third kappa shape index (κ3) is 2.55. The molecule has 1 unspecified atom stereocenters. The van der Waals surface area contributed by atoms with Crippen LogP contribution in [0.3, 0.4) is 0 Å². The summed E-state index contributed by atoms with van der Waals surface area (Å²) in [5, 5.41) is 5.57. The van der Waals surface area contributed by atoms with Gasteiger partial charge in [0.2, 0.25) is 0 Å². The van der Waals surface area contributed by atoms with Gasteiger partial charge in [-0.3, -0.25) is 5.32 Å². The number of aromatic nitrogens is 1. The number of halogens is 2. The van der Waals surface area contributed by atoms with Crippen molar-refractivity contribution < 1.29 is 4.42 Å². The van der Waals surface area contributed by atoms with Gasteiger partial charge in [0.1, 0.15) is 17.4 Å². The number of benzene rings is 2. The van der Waals surface area contributed by atoms with Gasteiger partial charge in [-0.25, -0.2) is 0 Å². The van der Waals surface area contributed by atoms with Crippen LogP contribution in [0.5, 0.6) is 0 Å². The zero-order valence-electron chi connectivity index (χ0n) is 14.2. The molecule has 0 saturated heterocycles. The number of nitrogens with zero attached hydrogens (tertiary/aromatic N) is 1. The quantitative estimate of drug-likeness (QED) is 0.449. The molecule has 3 nitrogen and oxygen atoms in total. The Labute approximate surface area is 163 Å². The van der Waals surface area contributed by atoms with E-state index in [-0.39, 0.29) is 18.4 Å². The first kappa shape index (κ1) is 17.2. The molecule has 4 aromatic rings. The maximum atomic E-state index is 6.45. The Morgan fingerprint density at radius 2 is 1.96 bits per heavy atom. The molecule has 2 aromatic carbocycles. The fourth-order valence-corrected chi connectivity index (χ4v) is 3.96. The van der Waals surface area contributed by atoms with E-state index in [4.69, 9.17) is 16.0 Å². The Morgan fingerprint density at radius 3 is 2.81 bits per heavy atom. The number of nitrogens with one attached hydrogen (secondary N) is 1. The fourth-order valence-electron chi connectivity index (χ4n) is 3.72. The van der Waals surface area contributed by atoms with E-state index in [9.17, 15) is 0 Å². The lowest BCUT2D eigenvalue weighted by Gasteiger charge is -2.14. The molecule has 0 fully saturated rings. The second-order valence-electron chi connectivity index (χ2n) is 6.49. The number of hydrogen-bond donors (Lipinski definition) is 1. The van der Waals surface area contributed by atoms with Crippen LogP contribution >= 0.6 is 24.0 Å². The second kappa shape index (κ2) is 6.51. The molecule has 132 valence electrons. The molecule has 1 N–H and O–H groups in total. The molecule has 26 heavy (non-hydrogen) atoms. The van der Waals surface area contributed by atoms with Gasteiger partial charge >= 0.3 is 0 Å². The minimum atomic E-state index is -0.0229. The van der Waals surface area contributed by atoms with E-state index >= 15 is 0 Å². The monoisotopic (exact) mass is 384 g/mol. The Kier molecular flexibility index (Phi) is 4.31. The molecule has 3 heterocycles. The van der Waals surface area contributed by atoms with Gasteiger partial charge < -0.3 is 8.98 Å². The Morgan fingerprint density at radius 1 is 1.12 bits per heavy atom. The van der Waals surface area contributed by atoms with Crippen LogP contribution in [0.25, 0.3) is 16.7 Å². The van der Waals surface area contributed by atoms with Crippen molar-refractivity contribution in [1.29, 1.82) is 0 Å². The van der Waals surface area contributed by atoms with Crippen molar-refractivity contribution in [2.45, 2.75) is 19.5 Å². The average molecular weight is 385 g/mol. The van der Waals surface area contributed by atoms with Gasteiger partial charge in [0, 0.05) is 34.4 Å². The topological polar surface area (TPSA) is 30.1 Å². The summed E-state index contributed by atoms with van der Waals surface area (Å²) in [5.74, 6) is 0.924. The molecule has 2 aromatic heterocycles. The molecule has 1 aliphatic heterocycles. The highest BCUT2D eigenvalue weighted by molar-refractivity contribution is 6.31. The zero-order valence-corrected chi connectivity index (χ0v) is 15.8. The first-order valence-electron chi connectivity index (χ1n) is 8.40. The van der Waals surface area contributed by atoms with E-state index in [1.165, 1.54) is 5.56 Å². The second-order valence-corrected chi connectivity index (χ2v) is 6.90. The standard InChI is InChI=1S/C21H17ClN2O.ClH/c1-13-5-2-9-19-14(13)11-20(25-19)21-18-8-4-10-24(18)17-7-3-6-16(22)15(17)12-23-21;/h2-11,21,23H,12H2,1H3;1H. The van der Waals surface area contributed by atoms with Gasteiger partial charge in [-0.15, -0.1) is 12.4 Å². The minimum absolute atomic E-state index is 0. The van der Waals surface area contributed by atoms with Gasteiger partial charge in [-0.05, 0) is 48.9 Å². The first-order valence-corrected chi connectivity index (χ1v) is 8.77. The third-order valence-electron chi connectivity index (χ3n) is 5.00. The molecule has 0 amide bonds. The Hall–Kier alpha value is -2.20. The van der Waals surface area contributed by atoms with Crippen molar-refractivity contribution in [3.63, 3.8) is 0 Å². The summed E-state index contributed by atoms with van der Waals surface area (Å²) in [7, 11) is 0. The lowest BCUT2D eigenvalue weighted by Crippen LogP contribution is -2.20. The Bertz CT molecular complexity index is 1100. The minimum Gasteiger partial charge on any atom is -0.459 e. The van der Waals surface area contributed by atoms with Gasteiger partial charge in [-0.2, -0.15) is 0 Å². The summed E-state index contributed by atoms with van der Waals surface area (Å²) in [5.41, 5.74) is 5.53. The lowest BCUT2D eigenvalue weighted by atomic mass is 10.1. The van der Waals surface area contributed by atoms with Crippen LogP contribution in [0.4, 0.5) is 0 Å². The summed E-state index contributed by atoms with van der Waals surface area (Å²) in [6.07, 6.45) is 2.08. The molecular weight excluding hydrogens is 367 g/mol. The number of hydrogen-bond acceptors (Lipinski definition) is 2. The predicted molar refractivity (Wildman–Crippen MR) is 108 cm³/mol. The van der Waals surface area contributed by atoms with Crippen molar-refractivity contribution in [3.8, 4) is 5.69 Å². The van der Waals surface area contributed by atoms with Gasteiger partial charge in [0.25, 0.3) is 0 Å². The highest BCUT2D eigenvalue weighted by Gasteiger charge is 2.26. The number of aryl methyl sites for hydroxylation is 1. The smallest absolute Gasteiger partial charge is 0.134 e. The highest BCUT2D eigenvalue weighted by Crippen LogP contribution is 2.35. The fraction of sp³-hybridized carbons (Fsp3) is 0.143. The lowest BCUT2D eigenvalue weighted by molar-refractivity contribution is 0.465. The van der Waals surface area contributed by atoms with Crippen LogP contribution in [0.15, 0.2) is 65.2 Å². The van der Waals surface area contributed by atoms with Gasteiger partial charge in [0.05, 0.1) is 5.69 Å². The van der Waals surface area contributed by atoms with E-state index in [1.807, 2.05) is 24.3 Å². The first-order chi connectivity index (χ1) is 12.2. The largest absolute Gasteiger partial charge is 0.459 e. The molecule has 0 aliphatic carbocycles. The van der Waals surface area contributed by atoms with E-state index < -0.39 is 0 Å². The van der Waals surface area contributed by atoms with Crippen LogP contribution in [0.1, 0.15) is 28.6 Å². The summed E-state index contributed by atoms with van der Waals surface area (Å²) in [6, 6.07) is 18.5. The summed E-state index contributed by atoms with van der Waals surface area (Å²) in [6.45, 7) is 2.80. The van der Waals surface area contributed by atoms with Crippen molar-refractivity contribution in [1.82, 2.24) is 9.88 Å². The predicted octanol–water partition coefficient (Wildman–Crippen LogP) is 5.80. The van der Waals surface area contributed by atoms with E-state index in [2.05, 4.69) is 53.3 Å². The summed E-state index contributed by atoms with van der Waals surface area (Å²) < 4.78 is 8.39. The van der Waals surface area contributed by atoms with Crippen molar-refractivity contribution in [2.24, 2.45) is 0 Å². The average Bonchev–Trinajstić information content (AvgIpc) is 3.22. The summed E-state index contributed by atoms with van der Waals surface area (Å²) >= 11 is 6.45. The van der Waals surface area contributed by atoms with E-state index in [0.717, 1.165) is 38.7 Å². The molecule has 0 bridgehead atoms. The van der Waals surface area contributed by atoms with Crippen LogP contribution < -0.4 is 5.32 Å². The van der Waals surface area contributed by atoms with E-state index in [1.54, 1.807) is 0 Å². The summed E-state index contributed by atoms with van der Waals surface area (Å²) in [4.78, 5) is 0. The van der Waals surface area contributed by atoms with Crippen molar-refractivity contribution >= 4 is 35.0 Å². The maximum absolute atomic E-state index is 6.45. The van der Waals surface area contributed by atoms with Crippen LogP contribution in [0, 0.1) is 6.92 Å². The van der Waals surface area contributed by atoms with Crippen LogP contribution in [-0.2, 0) is 6.54 Å². The molecule has 5 rings (SSSR count). The molecule has 0 radical (unpaired) electrons. The van der Waals surface area contributed by atoms with Gasteiger partial charge in [-0.1, -0.05) is 29.8 Å². The molecule has 5 heteroatoms.